The largest absolute Gasteiger partial charge is 0.305 e. The predicted octanol–water partition coefficient (Wildman–Crippen LogP) is 4.02. The number of nitrogens with zero attached hydrogens (tertiary/aromatic N) is 4. The molecule has 0 N–H and O–H groups in total. The number of benzene rings is 3. The van der Waals surface area contributed by atoms with Crippen molar-refractivity contribution in [3.63, 3.8) is 0 Å². The molecule has 24 heavy (non-hydrogen) atoms. The third-order valence-corrected chi connectivity index (χ3v) is 4.47. The van der Waals surface area contributed by atoms with Crippen molar-refractivity contribution in [1.29, 1.82) is 0 Å². The molecule has 5 rings (SSSR count). The zero-order chi connectivity index (χ0) is 16.1. The van der Waals surface area contributed by atoms with Crippen LogP contribution in [0.3, 0.4) is 0 Å². The van der Waals surface area contributed by atoms with Crippen LogP contribution in [0.15, 0.2) is 67.0 Å². The summed E-state index contributed by atoms with van der Waals surface area (Å²) in [5.74, 6) is 0.485. The maximum Gasteiger partial charge on any atom is 0.236 e. The highest BCUT2D eigenvalue weighted by molar-refractivity contribution is 6.08. The van der Waals surface area contributed by atoms with Crippen LogP contribution < -0.4 is 0 Å². The minimum atomic E-state index is -0.213. The lowest BCUT2D eigenvalue weighted by molar-refractivity contribution is 0.602. The second-order valence-corrected chi connectivity index (χ2v) is 5.83. The Labute approximate surface area is 136 Å². The fraction of sp³-hybridized carbons (Fsp3) is 0.0526. The highest BCUT2D eigenvalue weighted by atomic mass is 19.1. The van der Waals surface area contributed by atoms with E-state index in [4.69, 9.17) is 0 Å². The molecule has 2 heterocycles. The minimum absolute atomic E-state index is 0.213. The number of hydrogen-bond acceptors (Lipinski definition) is 2. The van der Waals surface area contributed by atoms with Gasteiger partial charge < -0.3 is 4.57 Å². The molecule has 0 aliphatic carbocycles. The first-order chi connectivity index (χ1) is 11.8. The van der Waals surface area contributed by atoms with Gasteiger partial charge in [-0.15, -0.1) is 10.2 Å². The molecule has 0 bridgehead atoms. The maximum absolute atomic E-state index is 14.2. The van der Waals surface area contributed by atoms with E-state index in [-0.39, 0.29) is 5.82 Å². The van der Waals surface area contributed by atoms with Gasteiger partial charge in [-0.2, -0.15) is 0 Å². The van der Waals surface area contributed by atoms with E-state index in [1.54, 1.807) is 18.5 Å². The highest BCUT2D eigenvalue weighted by Gasteiger charge is 2.14. The Morgan fingerprint density at radius 2 is 1.67 bits per heavy atom. The van der Waals surface area contributed by atoms with E-state index in [1.807, 2.05) is 33.2 Å². The van der Waals surface area contributed by atoms with Crippen molar-refractivity contribution in [3.05, 3.63) is 78.4 Å². The van der Waals surface area contributed by atoms with Crippen LogP contribution in [0, 0.1) is 5.82 Å². The van der Waals surface area contributed by atoms with E-state index < -0.39 is 0 Å². The van der Waals surface area contributed by atoms with Crippen molar-refractivity contribution in [1.82, 2.24) is 19.2 Å². The van der Waals surface area contributed by atoms with E-state index >= 15 is 0 Å². The Bertz CT molecular complexity index is 1200. The van der Waals surface area contributed by atoms with E-state index in [0.717, 1.165) is 21.8 Å². The van der Waals surface area contributed by atoms with Crippen molar-refractivity contribution in [3.8, 4) is 0 Å². The molecule has 2 aromatic heterocycles. The third kappa shape index (κ3) is 1.78. The number of fused-ring (bicyclic) bond motifs is 2. The SMILES string of the molecule is Fc1ccccc1Cn1c2cccc3cccc(c32)n2cnnc12. The van der Waals surface area contributed by atoms with E-state index in [2.05, 4.69) is 28.4 Å². The molecule has 0 aliphatic rings. The van der Waals surface area contributed by atoms with Crippen LogP contribution >= 0.6 is 0 Å². The first-order valence-corrected chi connectivity index (χ1v) is 7.76. The van der Waals surface area contributed by atoms with E-state index in [1.165, 1.54) is 6.07 Å². The van der Waals surface area contributed by atoms with Crippen LogP contribution in [0.1, 0.15) is 5.56 Å². The second-order valence-electron chi connectivity index (χ2n) is 5.83. The fourth-order valence-corrected chi connectivity index (χ4v) is 3.37. The summed E-state index contributed by atoms with van der Waals surface area (Å²) in [5.41, 5.74) is 2.70. The van der Waals surface area contributed by atoms with Gasteiger partial charge in [-0.25, -0.2) is 4.39 Å². The lowest BCUT2D eigenvalue weighted by Gasteiger charge is -2.16. The summed E-state index contributed by atoms with van der Waals surface area (Å²) in [5, 5.41) is 10.6. The summed E-state index contributed by atoms with van der Waals surface area (Å²) in [7, 11) is 0. The molecule has 0 spiro atoms. The van der Waals surface area contributed by atoms with Gasteiger partial charge in [0.1, 0.15) is 12.1 Å². The Balaban J connectivity index is 1.91. The molecule has 0 unspecified atom stereocenters. The predicted molar refractivity (Wildman–Crippen MR) is 91.5 cm³/mol. The second kappa shape index (κ2) is 4.89. The van der Waals surface area contributed by atoms with Gasteiger partial charge in [0, 0.05) is 10.9 Å². The summed E-state index contributed by atoms with van der Waals surface area (Å²) in [6, 6.07) is 19.1. The molecule has 0 saturated carbocycles. The summed E-state index contributed by atoms with van der Waals surface area (Å²) in [6.07, 6.45) is 1.70. The number of rotatable bonds is 2. The van der Waals surface area contributed by atoms with Crippen LogP contribution in [0.5, 0.6) is 0 Å². The van der Waals surface area contributed by atoms with Crippen molar-refractivity contribution in [2.24, 2.45) is 0 Å². The molecule has 0 radical (unpaired) electrons. The van der Waals surface area contributed by atoms with Gasteiger partial charge in [-0.05, 0) is 23.6 Å². The van der Waals surface area contributed by atoms with Crippen molar-refractivity contribution in [2.75, 3.05) is 0 Å². The molecular weight excluding hydrogens is 303 g/mol. The molecule has 0 aliphatic heterocycles. The van der Waals surface area contributed by atoms with Crippen LogP contribution in [0.4, 0.5) is 4.39 Å². The third-order valence-electron chi connectivity index (χ3n) is 4.47. The van der Waals surface area contributed by atoms with Gasteiger partial charge in [0.2, 0.25) is 5.78 Å². The summed E-state index contributed by atoms with van der Waals surface area (Å²) < 4.78 is 18.1. The maximum atomic E-state index is 14.2. The molecule has 0 atom stereocenters. The Kier molecular flexibility index (Phi) is 2.70. The zero-order valence-corrected chi connectivity index (χ0v) is 12.7. The molecule has 4 nitrogen and oxygen atoms in total. The molecule has 5 aromatic rings. The van der Waals surface area contributed by atoms with Crippen molar-refractivity contribution >= 4 is 27.6 Å². The zero-order valence-electron chi connectivity index (χ0n) is 12.7. The monoisotopic (exact) mass is 316 g/mol. The average Bonchev–Trinajstić information content (AvgIpc) is 3.10. The standard InChI is InChI=1S/C19H13FN4/c20-15-8-2-1-5-14(15)11-23-16-9-3-6-13-7-4-10-17(18(13)16)24-12-21-22-19(23)24/h1-10,12H,11H2. The molecular formula is C19H13FN4. The molecule has 3 aromatic carbocycles. The summed E-state index contributed by atoms with van der Waals surface area (Å²) >= 11 is 0. The number of aromatic nitrogens is 4. The molecule has 0 fully saturated rings. The van der Waals surface area contributed by atoms with Crippen molar-refractivity contribution in [2.45, 2.75) is 6.54 Å². The lowest BCUT2D eigenvalue weighted by atomic mass is 10.1. The van der Waals surface area contributed by atoms with E-state index in [0.29, 0.717) is 17.9 Å². The van der Waals surface area contributed by atoms with Gasteiger partial charge in [-0.3, -0.25) is 4.40 Å². The molecule has 0 saturated heterocycles. The number of hydrogen-bond donors (Lipinski definition) is 0. The minimum Gasteiger partial charge on any atom is -0.305 e. The van der Waals surface area contributed by atoms with Gasteiger partial charge in [0.25, 0.3) is 0 Å². The van der Waals surface area contributed by atoms with Gasteiger partial charge in [0.05, 0.1) is 17.6 Å². The Morgan fingerprint density at radius 1 is 0.875 bits per heavy atom. The van der Waals surface area contributed by atoms with E-state index in [9.17, 15) is 4.39 Å². The number of halogens is 1. The van der Waals surface area contributed by atoms with Crippen LogP contribution in [0.25, 0.3) is 27.6 Å². The lowest BCUT2D eigenvalue weighted by Crippen LogP contribution is -2.09. The summed E-state index contributed by atoms with van der Waals surface area (Å²) in [4.78, 5) is 0. The van der Waals surface area contributed by atoms with Gasteiger partial charge in [0.15, 0.2) is 0 Å². The molecule has 0 amide bonds. The first-order valence-electron chi connectivity index (χ1n) is 7.76. The Hall–Kier alpha value is -3.21. The fourth-order valence-electron chi connectivity index (χ4n) is 3.37. The van der Waals surface area contributed by atoms with Crippen LogP contribution in [-0.2, 0) is 6.54 Å². The van der Waals surface area contributed by atoms with Crippen LogP contribution in [0.2, 0.25) is 0 Å². The quantitative estimate of drug-likeness (QED) is 0.493. The topological polar surface area (TPSA) is 35.1 Å². The first kappa shape index (κ1) is 13.2. The van der Waals surface area contributed by atoms with Crippen molar-refractivity contribution < 1.29 is 4.39 Å². The normalized spacial score (nSPS) is 11.7. The smallest absolute Gasteiger partial charge is 0.236 e. The average molecular weight is 316 g/mol. The van der Waals surface area contributed by atoms with Gasteiger partial charge in [-0.1, -0.05) is 42.5 Å². The van der Waals surface area contributed by atoms with Gasteiger partial charge >= 0.3 is 0 Å². The molecule has 5 heteroatoms. The summed E-state index contributed by atoms with van der Waals surface area (Å²) in [6.45, 7) is 0.402. The molecule has 116 valence electrons. The van der Waals surface area contributed by atoms with Crippen LogP contribution in [-0.4, -0.2) is 19.2 Å². The Morgan fingerprint density at radius 3 is 2.50 bits per heavy atom. The highest BCUT2D eigenvalue weighted by Crippen LogP contribution is 2.28.